The van der Waals surface area contributed by atoms with E-state index in [1.165, 1.54) is 11.8 Å². The molecule has 3 aromatic carbocycles. The maximum absolute atomic E-state index is 12.6. The van der Waals surface area contributed by atoms with Crippen LogP contribution in [0.25, 0.3) is 10.8 Å². The van der Waals surface area contributed by atoms with E-state index in [0.717, 1.165) is 22.0 Å². The van der Waals surface area contributed by atoms with Gasteiger partial charge in [-0.15, -0.1) is 16.8 Å². The van der Waals surface area contributed by atoms with Crippen molar-refractivity contribution in [3.63, 3.8) is 0 Å². The SMILES string of the molecule is C=CCn1c(CNC(=O)c2cccc(C)c2)nnc1SCC(=O)Nc1cccc2ccccc12. The highest BCUT2D eigenvalue weighted by Crippen LogP contribution is 2.24. The van der Waals surface area contributed by atoms with E-state index in [2.05, 4.69) is 27.4 Å². The highest BCUT2D eigenvalue weighted by Gasteiger charge is 2.15. The van der Waals surface area contributed by atoms with Gasteiger partial charge in [0.1, 0.15) is 0 Å². The summed E-state index contributed by atoms with van der Waals surface area (Å²) < 4.78 is 1.85. The highest BCUT2D eigenvalue weighted by molar-refractivity contribution is 7.99. The third-order valence-electron chi connectivity index (χ3n) is 5.19. The molecule has 0 aliphatic rings. The molecule has 0 unspecified atom stereocenters. The topological polar surface area (TPSA) is 88.9 Å². The molecule has 8 heteroatoms. The molecule has 1 heterocycles. The van der Waals surface area contributed by atoms with Crippen LogP contribution in [0.4, 0.5) is 5.69 Å². The third kappa shape index (κ3) is 5.52. The molecule has 7 nitrogen and oxygen atoms in total. The second-order valence-electron chi connectivity index (χ2n) is 7.71. The third-order valence-corrected chi connectivity index (χ3v) is 6.16. The molecule has 0 spiro atoms. The molecule has 0 aliphatic heterocycles. The van der Waals surface area contributed by atoms with Gasteiger partial charge in [0, 0.05) is 23.2 Å². The Morgan fingerprint density at radius 3 is 2.68 bits per heavy atom. The molecular weight excluding hydrogens is 446 g/mol. The first-order valence-electron chi connectivity index (χ1n) is 10.8. The minimum Gasteiger partial charge on any atom is -0.345 e. The summed E-state index contributed by atoms with van der Waals surface area (Å²) in [6.45, 7) is 6.43. The van der Waals surface area contributed by atoms with Crippen LogP contribution in [-0.2, 0) is 17.9 Å². The zero-order valence-corrected chi connectivity index (χ0v) is 19.6. The molecule has 0 atom stereocenters. The van der Waals surface area contributed by atoms with Gasteiger partial charge in [-0.25, -0.2) is 0 Å². The molecule has 0 fully saturated rings. The van der Waals surface area contributed by atoms with Gasteiger partial charge in [0.05, 0.1) is 12.3 Å². The largest absolute Gasteiger partial charge is 0.345 e. The van der Waals surface area contributed by atoms with Crippen LogP contribution in [0.2, 0.25) is 0 Å². The maximum Gasteiger partial charge on any atom is 0.251 e. The number of hydrogen-bond acceptors (Lipinski definition) is 5. The Labute approximate surface area is 202 Å². The van der Waals surface area contributed by atoms with Gasteiger partial charge in [-0.2, -0.15) is 0 Å². The molecule has 0 saturated heterocycles. The van der Waals surface area contributed by atoms with Gasteiger partial charge in [-0.3, -0.25) is 9.59 Å². The van der Waals surface area contributed by atoms with Gasteiger partial charge in [0.15, 0.2) is 11.0 Å². The number of allylic oxidation sites excluding steroid dienone is 1. The number of aromatic nitrogens is 3. The molecule has 4 rings (SSSR count). The second kappa shape index (κ2) is 10.8. The number of thioether (sulfide) groups is 1. The van der Waals surface area contributed by atoms with E-state index in [1.807, 2.05) is 72.2 Å². The van der Waals surface area contributed by atoms with Crippen LogP contribution < -0.4 is 10.6 Å². The van der Waals surface area contributed by atoms with Crippen LogP contribution in [0.5, 0.6) is 0 Å². The van der Waals surface area contributed by atoms with Crippen molar-refractivity contribution in [2.75, 3.05) is 11.1 Å². The summed E-state index contributed by atoms with van der Waals surface area (Å²) >= 11 is 1.29. The summed E-state index contributed by atoms with van der Waals surface area (Å²) in [5, 5.41) is 17.0. The van der Waals surface area contributed by atoms with Crippen molar-refractivity contribution in [1.29, 1.82) is 0 Å². The summed E-state index contributed by atoms with van der Waals surface area (Å²) in [6, 6.07) is 21.1. The van der Waals surface area contributed by atoms with E-state index < -0.39 is 0 Å². The van der Waals surface area contributed by atoms with E-state index >= 15 is 0 Å². The van der Waals surface area contributed by atoms with Gasteiger partial charge < -0.3 is 15.2 Å². The molecule has 0 radical (unpaired) electrons. The normalized spacial score (nSPS) is 10.7. The summed E-state index contributed by atoms with van der Waals surface area (Å²) in [5.74, 6) is 0.455. The van der Waals surface area contributed by atoms with E-state index in [1.54, 1.807) is 12.1 Å². The molecule has 2 N–H and O–H groups in total. The number of carbonyl (C=O) groups excluding carboxylic acids is 2. The van der Waals surface area contributed by atoms with Crippen molar-refractivity contribution in [1.82, 2.24) is 20.1 Å². The van der Waals surface area contributed by atoms with E-state index in [4.69, 9.17) is 0 Å². The van der Waals surface area contributed by atoms with Crippen LogP contribution in [0.1, 0.15) is 21.7 Å². The number of carbonyl (C=O) groups is 2. The Bertz CT molecular complexity index is 1340. The Balaban J connectivity index is 1.39. The van der Waals surface area contributed by atoms with Crippen molar-refractivity contribution in [2.24, 2.45) is 0 Å². The second-order valence-corrected chi connectivity index (χ2v) is 8.66. The quantitative estimate of drug-likeness (QED) is 0.275. The summed E-state index contributed by atoms with van der Waals surface area (Å²) in [6.07, 6.45) is 1.73. The van der Waals surface area contributed by atoms with Crippen LogP contribution in [0.15, 0.2) is 84.5 Å². The van der Waals surface area contributed by atoms with Crippen LogP contribution in [0.3, 0.4) is 0 Å². The van der Waals surface area contributed by atoms with Gasteiger partial charge in [-0.05, 0) is 30.5 Å². The molecule has 1 aromatic heterocycles. The van der Waals surface area contributed by atoms with Crippen molar-refractivity contribution in [3.8, 4) is 0 Å². The Kier molecular flexibility index (Phi) is 7.39. The number of fused-ring (bicyclic) bond motifs is 1. The van der Waals surface area contributed by atoms with Gasteiger partial charge in [-0.1, -0.05) is 71.9 Å². The first-order chi connectivity index (χ1) is 16.5. The molecule has 2 amide bonds. The fraction of sp³-hybridized carbons (Fsp3) is 0.154. The number of benzene rings is 3. The fourth-order valence-electron chi connectivity index (χ4n) is 3.57. The standard InChI is InChI=1S/C26H25N5O2S/c1-3-14-31-23(16-27-25(33)20-11-6-8-18(2)15-20)29-30-26(31)34-17-24(32)28-22-13-7-10-19-9-4-5-12-21(19)22/h3-13,15H,1,14,16-17H2,2H3,(H,27,33)(H,28,32). The Hall–Kier alpha value is -3.91. The predicted molar refractivity (Wildman–Crippen MR) is 136 cm³/mol. The Morgan fingerprint density at radius 2 is 1.85 bits per heavy atom. The molecular formula is C26H25N5O2S. The van der Waals surface area contributed by atoms with Gasteiger partial charge >= 0.3 is 0 Å². The summed E-state index contributed by atoms with van der Waals surface area (Å²) in [4.78, 5) is 25.1. The number of amides is 2. The summed E-state index contributed by atoms with van der Waals surface area (Å²) in [7, 11) is 0. The average molecular weight is 472 g/mol. The minimum atomic E-state index is -0.180. The molecule has 4 aromatic rings. The lowest BCUT2D eigenvalue weighted by atomic mass is 10.1. The van der Waals surface area contributed by atoms with Crippen LogP contribution in [-0.4, -0.2) is 32.3 Å². The predicted octanol–water partition coefficient (Wildman–Crippen LogP) is 4.59. The summed E-state index contributed by atoms with van der Waals surface area (Å²) in [5.41, 5.74) is 2.38. The molecule has 172 valence electrons. The smallest absolute Gasteiger partial charge is 0.251 e. The number of anilines is 1. The monoisotopic (exact) mass is 471 g/mol. The lowest BCUT2D eigenvalue weighted by molar-refractivity contribution is -0.113. The van der Waals surface area contributed by atoms with Gasteiger partial charge in [0.25, 0.3) is 5.91 Å². The molecule has 0 aliphatic carbocycles. The van der Waals surface area contributed by atoms with Crippen molar-refractivity contribution in [3.05, 3.63) is 96.3 Å². The van der Waals surface area contributed by atoms with E-state index in [0.29, 0.717) is 23.1 Å². The number of nitrogens with zero attached hydrogens (tertiary/aromatic N) is 3. The fourth-order valence-corrected chi connectivity index (χ4v) is 4.33. The maximum atomic E-state index is 12.6. The lowest BCUT2D eigenvalue weighted by Gasteiger charge is -2.10. The van der Waals surface area contributed by atoms with Gasteiger partial charge in [0.2, 0.25) is 5.91 Å². The molecule has 34 heavy (non-hydrogen) atoms. The highest BCUT2D eigenvalue weighted by atomic mass is 32.2. The van der Waals surface area contributed by atoms with Crippen LogP contribution in [0, 0.1) is 6.92 Å². The van der Waals surface area contributed by atoms with Crippen molar-refractivity contribution < 1.29 is 9.59 Å². The van der Waals surface area contributed by atoms with E-state index in [9.17, 15) is 9.59 Å². The number of nitrogens with one attached hydrogen (secondary N) is 2. The zero-order chi connectivity index (χ0) is 23.9. The van der Waals surface area contributed by atoms with Crippen molar-refractivity contribution in [2.45, 2.75) is 25.2 Å². The zero-order valence-electron chi connectivity index (χ0n) is 18.8. The first kappa shape index (κ1) is 23.3. The van der Waals surface area contributed by atoms with E-state index in [-0.39, 0.29) is 24.1 Å². The Morgan fingerprint density at radius 1 is 1.06 bits per heavy atom. The molecule has 0 saturated carbocycles. The number of hydrogen-bond donors (Lipinski definition) is 2. The number of rotatable bonds is 9. The lowest BCUT2D eigenvalue weighted by Crippen LogP contribution is -2.25. The van der Waals surface area contributed by atoms with Crippen molar-refractivity contribution >= 4 is 40.0 Å². The molecule has 0 bridgehead atoms. The van der Waals surface area contributed by atoms with Crippen LogP contribution >= 0.6 is 11.8 Å². The average Bonchev–Trinajstić information content (AvgIpc) is 3.23. The number of aryl methyl sites for hydroxylation is 1. The first-order valence-corrected chi connectivity index (χ1v) is 11.8. The minimum absolute atomic E-state index is 0.135.